The van der Waals surface area contributed by atoms with Crippen LogP contribution in [-0.4, -0.2) is 5.11 Å². The predicted octanol–water partition coefficient (Wildman–Crippen LogP) is 5.95. The lowest BCUT2D eigenvalue weighted by Gasteiger charge is -2.13. The van der Waals surface area contributed by atoms with Crippen LogP contribution in [0.15, 0.2) is 42.5 Å². The van der Waals surface area contributed by atoms with E-state index in [0.29, 0.717) is 23.3 Å². The number of aliphatic hydroxyl groups excluding tert-OH is 1. The Morgan fingerprint density at radius 1 is 0.840 bits per heavy atom. The first-order valence-corrected chi connectivity index (χ1v) is 7.23. The number of aliphatic hydroxyl groups is 1. The molecule has 2 rings (SSSR count). The van der Waals surface area contributed by atoms with Gasteiger partial charge in [0.2, 0.25) is 0 Å². The molecule has 0 aliphatic rings. The van der Waals surface area contributed by atoms with Gasteiger partial charge >= 0.3 is 12.4 Å². The van der Waals surface area contributed by atoms with Gasteiger partial charge in [-0.15, -0.1) is 0 Å². The molecule has 0 amide bonds. The van der Waals surface area contributed by atoms with E-state index in [1.54, 1.807) is 24.3 Å². The van der Waals surface area contributed by atoms with Crippen LogP contribution in [-0.2, 0) is 12.4 Å². The van der Waals surface area contributed by atoms with E-state index in [1.807, 2.05) is 0 Å². The average molecular weight is 360 g/mol. The van der Waals surface area contributed by atoms with E-state index in [-0.39, 0.29) is 11.6 Å². The topological polar surface area (TPSA) is 20.2 Å². The summed E-state index contributed by atoms with van der Waals surface area (Å²) >= 11 is 0. The largest absolute Gasteiger partial charge is 0.416 e. The lowest BCUT2D eigenvalue weighted by Crippen LogP contribution is -2.11. The molecule has 2 aromatic rings. The summed E-state index contributed by atoms with van der Waals surface area (Å²) < 4.78 is 77.1. The maximum Gasteiger partial charge on any atom is 0.416 e. The summed E-state index contributed by atoms with van der Waals surface area (Å²) in [7, 11) is 0. The summed E-state index contributed by atoms with van der Waals surface area (Å²) in [6.45, 7) is 1.51. The van der Waals surface area contributed by atoms with Crippen molar-refractivity contribution < 1.29 is 31.4 Å². The van der Waals surface area contributed by atoms with Gasteiger partial charge in [-0.3, -0.25) is 0 Å². The van der Waals surface area contributed by atoms with E-state index in [9.17, 15) is 31.4 Å². The molecule has 1 atom stereocenters. The molecule has 0 bridgehead atoms. The number of rotatable bonds is 3. The Hall–Kier alpha value is -2.28. The first-order chi connectivity index (χ1) is 11.5. The predicted molar refractivity (Wildman–Crippen MR) is 82.4 cm³/mol. The third-order valence-electron chi connectivity index (χ3n) is 3.51. The molecule has 7 heteroatoms. The van der Waals surface area contributed by atoms with Gasteiger partial charge in [0.1, 0.15) is 0 Å². The number of alkyl halides is 6. The molecule has 0 aliphatic heterocycles. The fourth-order valence-corrected chi connectivity index (χ4v) is 2.30. The van der Waals surface area contributed by atoms with Gasteiger partial charge in [0.05, 0.1) is 17.2 Å². The Morgan fingerprint density at radius 2 is 1.36 bits per heavy atom. The summed E-state index contributed by atoms with van der Waals surface area (Å²) in [5, 5.41) is 9.67. The first kappa shape index (κ1) is 19.1. The molecular weight excluding hydrogens is 346 g/mol. The second-order valence-electron chi connectivity index (χ2n) is 5.48. The van der Waals surface area contributed by atoms with Gasteiger partial charge in [0.15, 0.2) is 0 Å². The summed E-state index contributed by atoms with van der Waals surface area (Å²) in [5.41, 5.74) is -1.95. The molecule has 0 unspecified atom stereocenters. The Morgan fingerprint density at radius 3 is 1.84 bits per heavy atom. The van der Waals surface area contributed by atoms with Gasteiger partial charge in [-0.1, -0.05) is 36.4 Å². The minimum Gasteiger partial charge on any atom is -0.389 e. The smallest absolute Gasteiger partial charge is 0.389 e. The summed E-state index contributed by atoms with van der Waals surface area (Å²) in [4.78, 5) is 0. The molecule has 0 saturated carbocycles. The highest BCUT2D eigenvalue weighted by molar-refractivity contribution is 5.72. The third kappa shape index (κ3) is 4.85. The van der Waals surface area contributed by atoms with Crippen LogP contribution in [0, 0.1) is 0 Å². The molecule has 134 valence electrons. The van der Waals surface area contributed by atoms with Crippen LogP contribution in [0.4, 0.5) is 26.3 Å². The Labute approximate surface area is 140 Å². The van der Waals surface area contributed by atoms with E-state index < -0.39 is 29.6 Å². The van der Waals surface area contributed by atoms with E-state index in [2.05, 4.69) is 0 Å². The fourth-order valence-electron chi connectivity index (χ4n) is 2.30. The first-order valence-electron chi connectivity index (χ1n) is 7.23. The van der Waals surface area contributed by atoms with Crippen LogP contribution in [0.2, 0.25) is 0 Å². The highest BCUT2D eigenvalue weighted by atomic mass is 19.4. The maximum absolute atomic E-state index is 12.8. The van der Waals surface area contributed by atoms with Gasteiger partial charge in [-0.2, -0.15) is 26.3 Å². The Bertz CT molecular complexity index is 740. The zero-order chi connectivity index (χ0) is 18.8. The van der Waals surface area contributed by atoms with Crippen molar-refractivity contribution >= 4 is 12.2 Å². The van der Waals surface area contributed by atoms with E-state index >= 15 is 0 Å². The summed E-state index contributed by atoms with van der Waals surface area (Å²) in [6, 6.07) is 7.94. The molecular formula is C18H14F6O. The number of halogens is 6. The van der Waals surface area contributed by atoms with Crippen molar-refractivity contribution in [3.05, 3.63) is 70.3 Å². The van der Waals surface area contributed by atoms with Gasteiger partial charge in [0, 0.05) is 0 Å². The highest BCUT2D eigenvalue weighted by Crippen LogP contribution is 2.36. The van der Waals surface area contributed by atoms with E-state index in [4.69, 9.17) is 0 Å². The molecule has 0 aliphatic carbocycles. The summed E-state index contributed by atoms with van der Waals surface area (Å²) in [6.07, 6.45) is -8.07. The Balaban J connectivity index is 2.49. The molecule has 0 aromatic heterocycles. The van der Waals surface area contributed by atoms with Gasteiger partial charge in [-0.05, 0) is 41.8 Å². The fraction of sp³-hybridized carbons (Fsp3) is 0.222. The molecule has 0 heterocycles. The van der Waals surface area contributed by atoms with Crippen molar-refractivity contribution in [2.24, 2.45) is 0 Å². The number of hydrogen-bond acceptors (Lipinski definition) is 1. The highest BCUT2D eigenvalue weighted by Gasteiger charge is 2.36. The van der Waals surface area contributed by atoms with Crippen molar-refractivity contribution in [1.29, 1.82) is 0 Å². The van der Waals surface area contributed by atoms with Gasteiger partial charge in [0.25, 0.3) is 0 Å². The molecule has 1 N–H and O–H groups in total. The molecule has 1 nitrogen and oxygen atoms in total. The SMILES string of the molecule is C[C@H](O)c1ccccc1/C=C/c1cc(C(F)(F)F)cc(C(F)(F)F)c1. The second kappa shape index (κ2) is 6.92. The molecule has 0 radical (unpaired) electrons. The van der Waals surface area contributed by atoms with E-state index in [0.717, 1.165) is 6.08 Å². The number of benzene rings is 2. The quantitative estimate of drug-likeness (QED) is 0.530. The molecule has 0 spiro atoms. The van der Waals surface area contributed by atoms with Gasteiger partial charge in [-0.25, -0.2) is 0 Å². The van der Waals surface area contributed by atoms with Crippen molar-refractivity contribution in [2.45, 2.75) is 25.4 Å². The minimum absolute atomic E-state index is 0.0844. The zero-order valence-electron chi connectivity index (χ0n) is 13.0. The van der Waals surface area contributed by atoms with E-state index in [1.165, 1.54) is 13.0 Å². The maximum atomic E-state index is 12.8. The number of hydrogen-bond donors (Lipinski definition) is 1. The van der Waals surface area contributed by atoms with Crippen molar-refractivity contribution in [2.75, 3.05) is 0 Å². The average Bonchev–Trinajstić information content (AvgIpc) is 2.51. The van der Waals surface area contributed by atoms with Crippen LogP contribution in [0.5, 0.6) is 0 Å². The molecule has 0 saturated heterocycles. The van der Waals surface area contributed by atoms with Crippen LogP contribution in [0.3, 0.4) is 0 Å². The zero-order valence-corrected chi connectivity index (χ0v) is 13.0. The van der Waals surface area contributed by atoms with Crippen molar-refractivity contribution in [3.63, 3.8) is 0 Å². The minimum atomic E-state index is -4.89. The molecule has 25 heavy (non-hydrogen) atoms. The molecule has 0 fully saturated rings. The normalized spacial score (nSPS) is 14.1. The van der Waals surface area contributed by atoms with Crippen LogP contribution in [0.1, 0.15) is 40.8 Å². The Kier molecular flexibility index (Phi) is 5.27. The third-order valence-corrected chi connectivity index (χ3v) is 3.51. The van der Waals surface area contributed by atoms with Crippen LogP contribution < -0.4 is 0 Å². The van der Waals surface area contributed by atoms with Crippen LogP contribution in [0.25, 0.3) is 12.2 Å². The monoisotopic (exact) mass is 360 g/mol. The lowest BCUT2D eigenvalue weighted by atomic mass is 10.0. The molecule has 2 aromatic carbocycles. The van der Waals surface area contributed by atoms with Gasteiger partial charge < -0.3 is 5.11 Å². The van der Waals surface area contributed by atoms with Crippen LogP contribution >= 0.6 is 0 Å². The second-order valence-corrected chi connectivity index (χ2v) is 5.48. The van der Waals surface area contributed by atoms with Crippen molar-refractivity contribution in [3.8, 4) is 0 Å². The summed E-state index contributed by atoms with van der Waals surface area (Å²) in [5.74, 6) is 0. The standard InChI is InChI=1S/C18H14F6O/c1-11(25)16-5-3-2-4-13(16)7-6-12-8-14(17(19,20)21)10-15(9-12)18(22,23)24/h2-11,25H,1H3/b7-6+/t11-/m0/s1. The lowest BCUT2D eigenvalue weighted by molar-refractivity contribution is -0.143. The van der Waals surface area contributed by atoms with Crippen molar-refractivity contribution in [1.82, 2.24) is 0 Å².